The Morgan fingerprint density at radius 3 is 2.79 bits per heavy atom. The number of nitrogens with zero attached hydrogens (tertiary/aromatic N) is 1. The number of carbonyl (C=O) groups excluding carboxylic acids is 1. The van der Waals surface area contributed by atoms with Crippen LogP contribution in [0.15, 0.2) is 59.1 Å². The van der Waals surface area contributed by atoms with Crippen LogP contribution in [0.4, 0.5) is 14.9 Å². The van der Waals surface area contributed by atoms with Crippen molar-refractivity contribution in [2.75, 3.05) is 19.0 Å². The van der Waals surface area contributed by atoms with Crippen LogP contribution in [0.1, 0.15) is 18.5 Å². The van der Waals surface area contributed by atoms with Gasteiger partial charge in [0.25, 0.3) is 0 Å². The van der Waals surface area contributed by atoms with Crippen molar-refractivity contribution in [2.24, 2.45) is 0 Å². The van der Waals surface area contributed by atoms with Gasteiger partial charge < -0.3 is 29.7 Å². The van der Waals surface area contributed by atoms with Gasteiger partial charge in [0.1, 0.15) is 17.7 Å². The SMILES string of the molecule is COc1ccccc1NC(=O)NC[C@H]1O[C@H](Cc2cc(-c3ccc(F)cc3)on2)CC[C@@H]1O. The number of rotatable bonds is 7. The highest BCUT2D eigenvalue weighted by Crippen LogP contribution is 2.26. The van der Waals surface area contributed by atoms with Crippen molar-refractivity contribution < 1.29 is 28.3 Å². The first-order valence-corrected chi connectivity index (χ1v) is 10.7. The first kappa shape index (κ1) is 22.8. The minimum absolute atomic E-state index is 0.151. The van der Waals surface area contributed by atoms with Gasteiger partial charge >= 0.3 is 6.03 Å². The maximum Gasteiger partial charge on any atom is 0.319 e. The van der Waals surface area contributed by atoms with E-state index in [1.54, 1.807) is 36.4 Å². The summed E-state index contributed by atoms with van der Waals surface area (Å²) in [6.45, 7) is 0.151. The molecule has 1 saturated heterocycles. The van der Waals surface area contributed by atoms with Gasteiger partial charge in [0.2, 0.25) is 0 Å². The van der Waals surface area contributed by atoms with Crippen LogP contribution in [-0.2, 0) is 11.2 Å². The molecule has 3 aromatic rings. The molecule has 0 aliphatic carbocycles. The molecule has 3 atom stereocenters. The van der Waals surface area contributed by atoms with Gasteiger partial charge in [0.05, 0.1) is 30.7 Å². The van der Waals surface area contributed by atoms with Crippen molar-refractivity contribution in [2.45, 2.75) is 37.6 Å². The van der Waals surface area contributed by atoms with E-state index in [2.05, 4.69) is 15.8 Å². The lowest BCUT2D eigenvalue weighted by atomic mass is 9.98. The predicted octanol–water partition coefficient (Wildman–Crippen LogP) is 3.76. The second-order valence-corrected chi connectivity index (χ2v) is 7.87. The van der Waals surface area contributed by atoms with Gasteiger partial charge in [0.15, 0.2) is 5.76 Å². The normalized spacial score (nSPS) is 20.3. The third-order valence-corrected chi connectivity index (χ3v) is 5.52. The van der Waals surface area contributed by atoms with E-state index < -0.39 is 18.2 Å². The lowest BCUT2D eigenvalue weighted by molar-refractivity contribution is -0.113. The van der Waals surface area contributed by atoms with Crippen LogP contribution in [-0.4, -0.2) is 48.3 Å². The Kier molecular flexibility index (Phi) is 7.21. The lowest BCUT2D eigenvalue weighted by Crippen LogP contribution is -2.47. The van der Waals surface area contributed by atoms with Crippen molar-refractivity contribution >= 4 is 11.7 Å². The minimum Gasteiger partial charge on any atom is -0.495 e. The molecule has 4 rings (SSSR count). The van der Waals surface area contributed by atoms with Gasteiger partial charge in [0, 0.05) is 24.6 Å². The standard InChI is InChI=1S/C24H26FN3O5/c1-31-21-5-3-2-4-19(21)27-24(30)26-14-23-20(29)11-10-18(32-23)12-17-13-22(33-28-17)15-6-8-16(25)9-7-15/h2-9,13,18,20,23,29H,10-12,14H2,1H3,(H2,26,27,30)/t18-,20-,23+/m0/s1. The molecule has 0 unspecified atom stereocenters. The number of ether oxygens (including phenoxy) is 2. The Morgan fingerprint density at radius 2 is 2.00 bits per heavy atom. The van der Waals surface area contributed by atoms with E-state index in [1.807, 2.05) is 6.07 Å². The third-order valence-electron chi connectivity index (χ3n) is 5.52. The monoisotopic (exact) mass is 455 g/mol. The number of carbonyl (C=O) groups is 1. The molecule has 3 N–H and O–H groups in total. The van der Waals surface area contributed by atoms with Crippen LogP contribution in [0.5, 0.6) is 5.75 Å². The maximum absolute atomic E-state index is 13.1. The number of benzene rings is 2. The van der Waals surface area contributed by atoms with Gasteiger partial charge in [-0.1, -0.05) is 17.3 Å². The summed E-state index contributed by atoms with van der Waals surface area (Å²) in [6.07, 6.45) is 0.304. The number of aliphatic hydroxyl groups is 1. The van der Waals surface area contributed by atoms with Crippen LogP contribution in [0.25, 0.3) is 11.3 Å². The Labute approximate surface area is 190 Å². The Balaban J connectivity index is 1.30. The zero-order valence-corrected chi connectivity index (χ0v) is 18.2. The molecule has 1 aliphatic rings. The summed E-state index contributed by atoms with van der Waals surface area (Å²) in [5.74, 6) is 0.783. The fourth-order valence-electron chi connectivity index (χ4n) is 3.78. The summed E-state index contributed by atoms with van der Waals surface area (Å²) in [6, 6.07) is 14.5. The fourth-order valence-corrected chi connectivity index (χ4v) is 3.78. The highest BCUT2D eigenvalue weighted by atomic mass is 19.1. The molecule has 0 spiro atoms. The molecule has 9 heteroatoms. The second-order valence-electron chi connectivity index (χ2n) is 7.87. The maximum atomic E-state index is 13.1. The van der Waals surface area contributed by atoms with Crippen molar-refractivity contribution in [3.05, 3.63) is 66.1 Å². The summed E-state index contributed by atoms with van der Waals surface area (Å²) in [5.41, 5.74) is 1.98. The molecule has 0 saturated carbocycles. The van der Waals surface area contributed by atoms with E-state index >= 15 is 0 Å². The average Bonchev–Trinajstić information content (AvgIpc) is 3.28. The Morgan fingerprint density at radius 1 is 1.21 bits per heavy atom. The van der Waals surface area contributed by atoms with Gasteiger partial charge in [-0.15, -0.1) is 0 Å². The highest BCUT2D eigenvalue weighted by molar-refractivity contribution is 5.90. The van der Waals surface area contributed by atoms with E-state index in [4.69, 9.17) is 14.0 Å². The molecule has 1 aliphatic heterocycles. The number of hydrogen-bond acceptors (Lipinski definition) is 6. The first-order valence-electron chi connectivity index (χ1n) is 10.7. The number of urea groups is 1. The van der Waals surface area contributed by atoms with E-state index in [1.165, 1.54) is 19.2 Å². The van der Waals surface area contributed by atoms with Crippen LogP contribution < -0.4 is 15.4 Å². The van der Waals surface area contributed by atoms with Crippen LogP contribution >= 0.6 is 0 Å². The first-order chi connectivity index (χ1) is 16.0. The van der Waals surface area contributed by atoms with Crippen molar-refractivity contribution in [3.8, 4) is 17.1 Å². The summed E-state index contributed by atoms with van der Waals surface area (Å²) >= 11 is 0. The molecule has 0 radical (unpaired) electrons. The molecule has 8 nitrogen and oxygen atoms in total. The van der Waals surface area contributed by atoms with Crippen molar-refractivity contribution in [1.29, 1.82) is 0 Å². The van der Waals surface area contributed by atoms with Crippen LogP contribution in [0.3, 0.4) is 0 Å². The van der Waals surface area contributed by atoms with Crippen LogP contribution in [0, 0.1) is 5.82 Å². The highest BCUT2D eigenvalue weighted by Gasteiger charge is 2.31. The van der Waals surface area contributed by atoms with E-state index in [9.17, 15) is 14.3 Å². The molecule has 1 aromatic heterocycles. The zero-order chi connectivity index (χ0) is 23.2. The zero-order valence-electron chi connectivity index (χ0n) is 18.2. The third kappa shape index (κ3) is 5.88. The molecular formula is C24H26FN3O5. The fraction of sp³-hybridized carbons (Fsp3) is 0.333. The number of methoxy groups -OCH3 is 1. The molecule has 33 heavy (non-hydrogen) atoms. The van der Waals surface area contributed by atoms with Crippen molar-refractivity contribution in [3.63, 3.8) is 0 Å². The number of hydrogen-bond donors (Lipinski definition) is 3. The van der Waals surface area contributed by atoms with Gasteiger partial charge in [-0.3, -0.25) is 0 Å². The summed E-state index contributed by atoms with van der Waals surface area (Å²) < 4.78 is 29.8. The Hall–Kier alpha value is -3.43. The van der Waals surface area contributed by atoms with E-state index in [0.717, 1.165) is 5.56 Å². The van der Waals surface area contributed by atoms with E-state index in [0.29, 0.717) is 42.2 Å². The van der Waals surface area contributed by atoms with Crippen molar-refractivity contribution in [1.82, 2.24) is 10.5 Å². The molecular weight excluding hydrogens is 429 g/mol. The summed E-state index contributed by atoms with van der Waals surface area (Å²) in [5, 5.41) is 19.9. The summed E-state index contributed by atoms with van der Waals surface area (Å²) in [4.78, 5) is 12.3. The molecule has 2 aromatic carbocycles. The number of halogens is 1. The molecule has 1 fully saturated rings. The lowest BCUT2D eigenvalue weighted by Gasteiger charge is -2.33. The minimum atomic E-state index is -0.681. The smallest absolute Gasteiger partial charge is 0.319 e. The van der Waals surface area contributed by atoms with Crippen LogP contribution in [0.2, 0.25) is 0 Å². The molecule has 0 bridgehead atoms. The number of anilines is 1. The van der Waals surface area contributed by atoms with Gasteiger partial charge in [-0.05, 0) is 49.2 Å². The number of amides is 2. The number of nitrogens with one attached hydrogen (secondary N) is 2. The average molecular weight is 455 g/mol. The quantitative estimate of drug-likeness (QED) is 0.501. The summed E-state index contributed by atoms with van der Waals surface area (Å²) in [7, 11) is 1.53. The molecule has 2 heterocycles. The van der Waals surface area contributed by atoms with E-state index in [-0.39, 0.29) is 18.5 Å². The molecule has 2 amide bonds. The second kappa shape index (κ2) is 10.5. The van der Waals surface area contributed by atoms with Gasteiger partial charge in [-0.2, -0.15) is 0 Å². The Bertz CT molecular complexity index is 1070. The largest absolute Gasteiger partial charge is 0.495 e. The number of aromatic nitrogens is 1. The number of para-hydroxylation sites is 2. The molecule has 174 valence electrons. The number of aliphatic hydroxyl groups excluding tert-OH is 1. The van der Waals surface area contributed by atoms with Gasteiger partial charge in [-0.25, -0.2) is 9.18 Å². The topological polar surface area (TPSA) is 106 Å². The predicted molar refractivity (Wildman–Crippen MR) is 120 cm³/mol.